The quantitative estimate of drug-likeness (QED) is 0.529. The second-order valence-corrected chi connectivity index (χ2v) is 7.54. The molecule has 0 aliphatic rings. The number of hydrogen-bond donors (Lipinski definition) is 2. The molecule has 0 aliphatic carbocycles. The van der Waals surface area contributed by atoms with Crippen LogP contribution in [0.1, 0.15) is 32.0 Å². The van der Waals surface area contributed by atoms with Crippen molar-refractivity contribution in [3.8, 4) is 11.4 Å². The molecule has 0 saturated heterocycles. The lowest BCUT2D eigenvalue weighted by atomic mass is 10.1. The highest BCUT2D eigenvalue weighted by molar-refractivity contribution is 9.10. The summed E-state index contributed by atoms with van der Waals surface area (Å²) in [6, 6.07) is 8.41. The van der Waals surface area contributed by atoms with Gasteiger partial charge in [0.1, 0.15) is 28.5 Å². The first kappa shape index (κ1) is 23.1. The largest absolute Gasteiger partial charge is 0.487 e. The Kier molecular flexibility index (Phi) is 6.73. The summed E-state index contributed by atoms with van der Waals surface area (Å²) in [5.41, 5.74) is -0.0428. The predicted molar refractivity (Wildman–Crippen MR) is 116 cm³/mol. The van der Waals surface area contributed by atoms with E-state index in [1.807, 2.05) is 0 Å². The molecule has 0 atom stereocenters. The molecular formula is C22H17BrF2N2O5. The predicted octanol–water partition coefficient (Wildman–Crippen LogP) is 3.82. The maximum atomic E-state index is 13.9. The number of aryl methyl sites for hydroxylation is 1. The van der Waals surface area contributed by atoms with Crippen molar-refractivity contribution in [3.63, 3.8) is 0 Å². The third-order valence-electron chi connectivity index (χ3n) is 4.65. The third-order valence-corrected chi connectivity index (χ3v) is 5.38. The summed E-state index contributed by atoms with van der Waals surface area (Å²) < 4.78 is 33.7. The van der Waals surface area contributed by atoms with E-state index in [-0.39, 0.29) is 39.2 Å². The van der Waals surface area contributed by atoms with Crippen molar-refractivity contribution in [2.45, 2.75) is 13.5 Å². The standard InChI is InChI=1S/C22H17BrF2N2O5/c1-11-7-18(32-10-13-3-5-14(24)9-16(13)25)19(23)21(29)27(11)17-6-4-12(22(30)31)8-15(17)20(28)26-2/h3-9H,10H2,1-2H3,(H,26,28)(H,30,31). The van der Waals surface area contributed by atoms with Crippen LogP contribution in [0.15, 0.2) is 51.7 Å². The van der Waals surface area contributed by atoms with Crippen LogP contribution in [-0.2, 0) is 6.61 Å². The molecule has 3 aromatic rings. The van der Waals surface area contributed by atoms with Gasteiger partial charge in [-0.1, -0.05) is 0 Å². The molecule has 0 fully saturated rings. The van der Waals surface area contributed by atoms with Crippen molar-refractivity contribution >= 4 is 27.8 Å². The summed E-state index contributed by atoms with van der Waals surface area (Å²) in [7, 11) is 1.39. The van der Waals surface area contributed by atoms with E-state index in [2.05, 4.69) is 21.2 Å². The summed E-state index contributed by atoms with van der Waals surface area (Å²) in [6.45, 7) is 1.35. The van der Waals surface area contributed by atoms with Crippen LogP contribution in [0.5, 0.6) is 5.75 Å². The molecule has 0 aliphatic heterocycles. The molecule has 166 valence electrons. The van der Waals surface area contributed by atoms with E-state index in [0.29, 0.717) is 5.69 Å². The maximum absolute atomic E-state index is 13.9. The van der Waals surface area contributed by atoms with Crippen molar-refractivity contribution in [1.29, 1.82) is 0 Å². The highest BCUT2D eigenvalue weighted by Gasteiger charge is 2.20. The van der Waals surface area contributed by atoms with Gasteiger partial charge in [0.2, 0.25) is 0 Å². The van der Waals surface area contributed by atoms with Gasteiger partial charge in [-0.05, 0) is 53.2 Å². The summed E-state index contributed by atoms with van der Waals surface area (Å²) in [5, 5.41) is 11.7. The zero-order chi connectivity index (χ0) is 23.6. The minimum absolute atomic E-state index is 0.00782. The first-order chi connectivity index (χ1) is 15.1. The summed E-state index contributed by atoms with van der Waals surface area (Å²) in [4.78, 5) is 36.7. The van der Waals surface area contributed by atoms with E-state index in [9.17, 15) is 28.3 Å². The Morgan fingerprint density at radius 1 is 1.16 bits per heavy atom. The Bertz CT molecular complexity index is 1290. The Hall–Kier alpha value is -3.53. The number of amides is 1. The Balaban J connectivity index is 2.05. The number of aromatic carboxylic acids is 1. The summed E-state index contributed by atoms with van der Waals surface area (Å²) >= 11 is 3.18. The zero-order valence-electron chi connectivity index (χ0n) is 16.9. The number of carbonyl (C=O) groups excluding carboxylic acids is 1. The van der Waals surface area contributed by atoms with Gasteiger partial charge in [-0.3, -0.25) is 14.2 Å². The number of carboxylic acid groups (broad SMARTS) is 1. The van der Waals surface area contributed by atoms with Crippen LogP contribution < -0.4 is 15.6 Å². The first-order valence-electron chi connectivity index (χ1n) is 9.22. The molecule has 7 nitrogen and oxygen atoms in total. The molecule has 0 radical (unpaired) electrons. The van der Waals surface area contributed by atoms with Crippen molar-refractivity contribution < 1.29 is 28.2 Å². The molecule has 0 bridgehead atoms. The van der Waals surface area contributed by atoms with Crippen LogP contribution in [0.2, 0.25) is 0 Å². The Morgan fingerprint density at radius 2 is 1.88 bits per heavy atom. The maximum Gasteiger partial charge on any atom is 0.335 e. The smallest absolute Gasteiger partial charge is 0.335 e. The summed E-state index contributed by atoms with van der Waals surface area (Å²) in [6.07, 6.45) is 0. The topological polar surface area (TPSA) is 97.6 Å². The van der Waals surface area contributed by atoms with Crippen LogP contribution in [-0.4, -0.2) is 28.6 Å². The molecule has 0 spiro atoms. The van der Waals surface area contributed by atoms with E-state index in [1.54, 1.807) is 6.92 Å². The second kappa shape index (κ2) is 9.31. The lowest BCUT2D eigenvalue weighted by molar-refractivity contribution is 0.0697. The number of carbonyl (C=O) groups is 2. The SMILES string of the molecule is CNC(=O)c1cc(C(=O)O)ccc1-n1c(C)cc(OCc2ccc(F)cc2F)c(Br)c1=O. The van der Waals surface area contributed by atoms with Gasteiger partial charge < -0.3 is 15.2 Å². The molecule has 3 rings (SSSR count). The number of benzene rings is 2. The van der Waals surface area contributed by atoms with Crippen molar-refractivity contribution in [3.05, 3.63) is 91.3 Å². The van der Waals surface area contributed by atoms with Crippen LogP contribution in [0.25, 0.3) is 5.69 Å². The van der Waals surface area contributed by atoms with Crippen molar-refractivity contribution in [1.82, 2.24) is 9.88 Å². The van der Waals surface area contributed by atoms with Gasteiger partial charge in [-0.2, -0.15) is 0 Å². The van der Waals surface area contributed by atoms with E-state index in [1.165, 1.54) is 41.9 Å². The van der Waals surface area contributed by atoms with Gasteiger partial charge in [0, 0.05) is 30.4 Å². The number of pyridine rings is 1. The Labute approximate surface area is 189 Å². The minimum Gasteiger partial charge on any atom is -0.487 e. The molecule has 32 heavy (non-hydrogen) atoms. The molecule has 1 aromatic heterocycles. The Morgan fingerprint density at radius 3 is 2.50 bits per heavy atom. The number of nitrogens with zero attached hydrogens (tertiary/aromatic N) is 1. The lowest BCUT2D eigenvalue weighted by Gasteiger charge is -2.17. The molecule has 0 unspecified atom stereocenters. The number of rotatable bonds is 6. The van der Waals surface area contributed by atoms with Gasteiger partial charge in [-0.15, -0.1) is 0 Å². The highest BCUT2D eigenvalue weighted by atomic mass is 79.9. The first-order valence-corrected chi connectivity index (χ1v) is 10.0. The number of hydrogen-bond acceptors (Lipinski definition) is 4. The van der Waals surface area contributed by atoms with E-state index < -0.39 is 29.1 Å². The number of nitrogens with one attached hydrogen (secondary N) is 1. The molecule has 10 heteroatoms. The average molecular weight is 507 g/mol. The third kappa shape index (κ3) is 4.54. The van der Waals surface area contributed by atoms with Crippen LogP contribution in [0.4, 0.5) is 8.78 Å². The molecule has 2 N–H and O–H groups in total. The van der Waals surface area contributed by atoms with E-state index in [4.69, 9.17) is 4.74 Å². The van der Waals surface area contributed by atoms with Gasteiger partial charge >= 0.3 is 5.97 Å². The molecule has 0 saturated carbocycles. The van der Waals surface area contributed by atoms with Gasteiger partial charge in [0.05, 0.1) is 16.8 Å². The van der Waals surface area contributed by atoms with E-state index in [0.717, 1.165) is 12.1 Å². The van der Waals surface area contributed by atoms with Gasteiger partial charge in [-0.25, -0.2) is 13.6 Å². The van der Waals surface area contributed by atoms with Crippen molar-refractivity contribution in [2.75, 3.05) is 7.05 Å². The van der Waals surface area contributed by atoms with Crippen LogP contribution in [0, 0.1) is 18.6 Å². The van der Waals surface area contributed by atoms with Crippen LogP contribution in [0.3, 0.4) is 0 Å². The zero-order valence-corrected chi connectivity index (χ0v) is 18.5. The van der Waals surface area contributed by atoms with Gasteiger partial charge in [0.25, 0.3) is 11.5 Å². The summed E-state index contributed by atoms with van der Waals surface area (Å²) in [5.74, 6) is -3.16. The monoisotopic (exact) mass is 506 g/mol. The molecule has 2 aromatic carbocycles. The molecule has 1 heterocycles. The highest BCUT2D eigenvalue weighted by Crippen LogP contribution is 2.27. The second-order valence-electron chi connectivity index (χ2n) is 6.75. The number of ether oxygens (including phenoxy) is 1. The fraction of sp³-hybridized carbons (Fsp3) is 0.136. The van der Waals surface area contributed by atoms with Crippen molar-refractivity contribution in [2.24, 2.45) is 0 Å². The fourth-order valence-corrected chi connectivity index (χ4v) is 3.47. The van der Waals surface area contributed by atoms with Gasteiger partial charge in [0.15, 0.2) is 0 Å². The lowest BCUT2D eigenvalue weighted by Crippen LogP contribution is -2.27. The molecule has 1 amide bonds. The number of aromatic nitrogens is 1. The average Bonchev–Trinajstić information content (AvgIpc) is 2.75. The van der Waals surface area contributed by atoms with E-state index >= 15 is 0 Å². The molecular weight excluding hydrogens is 490 g/mol. The number of carboxylic acids is 1. The fourth-order valence-electron chi connectivity index (χ4n) is 3.06. The normalized spacial score (nSPS) is 10.7. The van der Waals surface area contributed by atoms with Crippen LogP contribution >= 0.6 is 15.9 Å². The minimum atomic E-state index is -1.22. The number of halogens is 3.